The molecule has 5 heteroatoms. The van der Waals surface area contributed by atoms with Crippen molar-refractivity contribution < 1.29 is 9.59 Å². The summed E-state index contributed by atoms with van der Waals surface area (Å²) in [5, 5.41) is 8.76. The number of rotatable bonds is 7. The molecule has 0 aliphatic heterocycles. The van der Waals surface area contributed by atoms with Gasteiger partial charge in [0, 0.05) is 23.8 Å². The molecule has 24 heavy (non-hydrogen) atoms. The highest BCUT2D eigenvalue weighted by atomic mass is 16.2. The highest BCUT2D eigenvalue weighted by Crippen LogP contribution is 2.11. The lowest BCUT2D eigenvalue weighted by molar-refractivity contribution is -0.120. The number of carbonyl (C=O) groups excluding carboxylic acids is 2. The number of nitrogens with one attached hydrogen (secondary N) is 3. The number of carbonyl (C=O) groups is 2. The van der Waals surface area contributed by atoms with Crippen molar-refractivity contribution in [3.63, 3.8) is 0 Å². The molecule has 0 heterocycles. The van der Waals surface area contributed by atoms with Gasteiger partial charge in [0.05, 0.1) is 6.54 Å². The summed E-state index contributed by atoms with van der Waals surface area (Å²) >= 11 is 0. The molecule has 126 valence electrons. The minimum Gasteiger partial charge on any atom is -0.376 e. The van der Waals surface area contributed by atoms with Crippen molar-refractivity contribution in [1.29, 1.82) is 0 Å². The predicted molar refractivity (Wildman–Crippen MR) is 96.7 cm³/mol. The molecule has 3 N–H and O–H groups in total. The molecule has 2 aromatic carbocycles. The van der Waals surface area contributed by atoms with E-state index in [1.165, 1.54) is 0 Å². The summed E-state index contributed by atoms with van der Waals surface area (Å²) in [4.78, 5) is 23.5. The van der Waals surface area contributed by atoms with Gasteiger partial charge in [0.2, 0.25) is 11.8 Å². The highest BCUT2D eigenvalue weighted by molar-refractivity contribution is 5.92. The molecule has 0 aliphatic rings. The zero-order valence-electron chi connectivity index (χ0n) is 14.0. The lowest BCUT2D eigenvalue weighted by atomic mass is 10.1. The summed E-state index contributed by atoms with van der Waals surface area (Å²) in [6.45, 7) is 4.38. The van der Waals surface area contributed by atoms with Crippen LogP contribution in [0, 0.1) is 5.92 Å². The van der Waals surface area contributed by atoms with Crippen LogP contribution in [0.1, 0.15) is 19.4 Å². The maximum absolute atomic E-state index is 11.8. The standard InChI is InChI=1S/C19H23N3O2/c1-14(2)19(24)22-17-10-8-15(9-11-17)12-21-18(23)13-20-16-6-4-3-5-7-16/h3-11,14,20H,12-13H2,1-2H3,(H,21,23)(H,22,24). The molecule has 0 aromatic heterocycles. The van der Waals surface area contributed by atoms with Gasteiger partial charge in [0.15, 0.2) is 0 Å². The highest BCUT2D eigenvalue weighted by Gasteiger charge is 2.07. The molecule has 2 rings (SSSR count). The van der Waals surface area contributed by atoms with Crippen molar-refractivity contribution in [3.05, 3.63) is 60.2 Å². The Labute approximate surface area is 142 Å². The first kappa shape index (κ1) is 17.5. The van der Waals surface area contributed by atoms with Crippen molar-refractivity contribution >= 4 is 23.2 Å². The zero-order chi connectivity index (χ0) is 17.4. The fraction of sp³-hybridized carbons (Fsp3) is 0.263. The Morgan fingerprint density at radius 2 is 1.58 bits per heavy atom. The molecule has 0 radical (unpaired) electrons. The number of hydrogen-bond donors (Lipinski definition) is 3. The van der Waals surface area contributed by atoms with Gasteiger partial charge in [-0.1, -0.05) is 44.2 Å². The third-order valence-electron chi connectivity index (χ3n) is 3.46. The summed E-state index contributed by atoms with van der Waals surface area (Å²) in [5.74, 6) is -0.139. The van der Waals surface area contributed by atoms with Crippen molar-refractivity contribution in [2.24, 2.45) is 5.92 Å². The van der Waals surface area contributed by atoms with Crippen molar-refractivity contribution in [2.45, 2.75) is 20.4 Å². The zero-order valence-corrected chi connectivity index (χ0v) is 14.0. The Kier molecular flexibility index (Phi) is 6.37. The molecular weight excluding hydrogens is 302 g/mol. The largest absolute Gasteiger partial charge is 0.376 e. The lowest BCUT2D eigenvalue weighted by Gasteiger charge is -2.10. The fourth-order valence-electron chi connectivity index (χ4n) is 1.99. The predicted octanol–water partition coefficient (Wildman–Crippen LogP) is 3.01. The summed E-state index contributed by atoms with van der Waals surface area (Å²) < 4.78 is 0. The normalized spacial score (nSPS) is 10.3. The average molecular weight is 325 g/mol. The van der Waals surface area contributed by atoms with Crippen LogP contribution in [0.4, 0.5) is 11.4 Å². The summed E-state index contributed by atoms with van der Waals surface area (Å²) in [6, 6.07) is 17.0. The monoisotopic (exact) mass is 325 g/mol. The average Bonchev–Trinajstić information content (AvgIpc) is 2.60. The quantitative estimate of drug-likeness (QED) is 0.733. The van der Waals surface area contributed by atoms with Gasteiger partial charge in [-0.15, -0.1) is 0 Å². The second-order valence-electron chi connectivity index (χ2n) is 5.84. The van der Waals surface area contributed by atoms with Crippen molar-refractivity contribution in [2.75, 3.05) is 17.2 Å². The summed E-state index contributed by atoms with van der Waals surface area (Å²) in [6.07, 6.45) is 0. The van der Waals surface area contributed by atoms with Crippen LogP contribution in [0.15, 0.2) is 54.6 Å². The van der Waals surface area contributed by atoms with E-state index >= 15 is 0 Å². The molecule has 0 saturated heterocycles. The Morgan fingerprint density at radius 1 is 0.917 bits per heavy atom. The Morgan fingerprint density at radius 3 is 2.21 bits per heavy atom. The molecule has 0 fully saturated rings. The molecule has 5 nitrogen and oxygen atoms in total. The van der Waals surface area contributed by atoms with Gasteiger partial charge in [0.1, 0.15) is 0 Å². The van der Waals surface area contributed by atoms with Gasteiger partial charge in [0.25, 0.3) is 0 Å². The first-order valence-corrected chi connectivity index (χ1v) is 8.00. The third-order valence-corrected chi connectivity index (χ3v) is 3.46. The van der Waals surface area contributed by atoms with Crippen LogP contribution in [0.2, 0.25) is 0 Å². The van der Waals surface area contributed by atoms with Gasteiger partial charge < -0.3 is 16.0 Å². The van der Waals surface area contributed by atoms with E-state index in [2.05, 4.69) is 16.0 Å². The van der Waals surface area contributed by atoms with E-state index in [4.69, 9.17) is 0 Å². The lowest BCUT2D eigenvalue weighted by Crippen LogP contribution is -2.29. The van der Waals surface area contributed by atoms with Crippen molar-refractivity contribution in [1.82, 2.24) is 5.32 Å². The van der Waals surface area contributed by atoms with Gasteiger partial charge in [-0.05, 0) is 29.8 Å². The number of anilines is 2. The van der Waals surface area contributed by atoms with Crippen molar-refractivity contribution in [3.8, 4) is 0 Å². The van der Waals surface area contributed by atoms with Crippen LogP contribution in [0.25, 0.3) is 0 Å². The van der Waals surface area contributed by atoms with Crippen LogP contribution in [-0.2, 0) is 16.1 Å². The molecule has 0 aliphatic carbocycles. The molecule has 0 unspecified atom stereocenters. The van der Waals surface area contributed by atoms with E-state index in [0.717, 1.165) is 16.9 Å². The molecule has 0 atom stereocenters. The number of amides is 2. The Balaban J connectivity index is 1.75. The molecule has 0 bridgehead atoms. The van der Waals surface area contributed by atoms with Gasteiger partial charge in [-0.25, -0.2) is 0 Å². The molecular formula is C19H23N3O2. The van der Waals surface area contributed by atoms with Crippen LogP contribution < -0.4 is 16.0 Å². The smallest absolute Gasteiger partial charge is 0.239 e. The van der Waals surface area contributed by atoms with E-state index in [0.29, 0.717) is 6.54 Å². The van der Waals surface area contributed by atoms with E-state index in [-0.39, 0.29) is 24.3 Å². The molecule has 0 spiro atoms. The van der Waals surface area contributed by atoms with E-state index in [1.54, 1.807) is 0 Å². The van der Waals surface area contributed by atoms with Crippen LogP contribution in [0.3, 0.4) is 0 Å². The number of benzene rings is 2. The number of hydrogen-bond acceptors (Lipinski definition) is 3. The maximum atomic E-state index is 11.8. The first-order valence-electron chi connectivity index (χ1n) is 8.00. The van der Waals surface area contributed by atoms with Gasteiger partial charge in [-0.3, -0.25) is 9.59 Å². The Hall–Kier alpha value is -2.82. The van der Waals surface area contributed by atoms with Crippen LogP contribution in [-0.4, -0.2) is 18.4 Å². The molecule has 0 saturated carbocycles. The topological polar surface area (TPSA) is 70.2 Å². The summed E-state index contributed by atoms with van der Waals surface area (Å²) in [7, 11) is 0. The maximum Gasteiger partial charge on any atom is 0.239 e. The molecule has 2 amide bonds. The fourth-order valence-corrected chi connectivity index (χ4v) is 1.99. The minimum atomic E-state index is -0.0731. The van der Waals surface area contributed by atoms with E-state index < -0.39 is 0 Å². The Bertz CT molecular complexity index is 667. The van der Waals surface area contributed by atoms with E-state index in [9.17, 15) is 9.59 Å². The first-order chi connectivity index (χ1) is 11.5. The second-order valence-corrected chi connectivity index (χ2v) is 5.84. The van der Waals surface area contributed by atoms with Crippen LogP contribution >= 0.6 is 0 Å². The SMILES string of the molecule is CC(C)C(=O)Nc1ccc(CNC(=O)CNc2ccccc2)cc1. The third kappa shape index (κ3) is 5.76. The van der Waals surface area contributed by atoms with Gasteiger partial charge >= 0.3 is 0 Å². The van der Waals surface area contributed by atoms with E-state index in [1.807, 2.05) is 68.4 Å². The second kappa shape index (κ2) is 8.72. The van der Waals surface area contributed by atoms with Gasteiger partial charge in [-0.2, -0.15) is 0 Å². The molecule has 2 aromatic rings. The summed E-state index contributed by atoms with van der Waals surface area (Å²) in [5.41, 5.74) is 2.65. The van der Waals surface area contributed by atoms with Crippen LogP contribution in [0.5, 0.6) is 0 Å². The number of para-hydroxylation sites is 1. The minimum absolute atomic E-state index is 0.0111.